The molecule has 0 atom stereocenters. The Balaban J connectivity index is 2.17. The van der Waals surface area contributed by atoms with Gasteiger partial charge >= 0.3 is 5.97 Å². The molecule has 0 aromatic carbocycles. The number of hydrogen-bond donors (Lipinski definition) is 1. The fourth-order valence-electron chi connectivity index (χ4n) is 1.80. The highest BCUT2D eigenvalue weighted by Gasteiger charge is 2.11. The average Bonchev–Trinajstić information content (AvgIpc) is 3.01. The van der Waals surface area contributed by atoms with Crippen molar-refractivity contribution in [3.63, 3.8) is 0 Å². The Hall–Kier alpha value is -2.37. The summed E-state index contributed by atoms with van der Waals surface area (Å²) in [7, 11) is 0. The second-order valence-corrected chi connectivity index (χ2v) is 4.46. The van der Waals surface area contributed by atoms with Crippen LogP contribution in [0.15, 0.2) is 15.1 Å². The lowest BCUT2D eigenvalue weighted by Gasteiger charge is -1.95. The minimum absolute atomic E-state index is 0.183. The van der Waals surface area contributed by atoms with E-state index in [1.165, 1.54) is 6.07 Å². The monoisotopic (exact) mass is 276 g/mol. The van der Waals surface area contributed by atoms with E-state index >= 15 is 0 Å². The van der Waals surface area contributed by atoms with E-state index in [0.29, 0.717) is 5.69 Å². The van der Waals surface area contributed by atoms with Crippen molar-refractivity contribution in [1.82, 2.24) is 10.3 Å². The molecule has 0 bridgehead atoms. The quantitative estimate of drug-likeness (QED) is 0.871. The van der Waals surface area contributed by atoms with Crippen LogP contribution in [0.1, 0.15) is 53.0 Å². The first-order valence-electron chi connectivity index (χ1n) is 6.45. The van der Waals surface area contributed by atoms with E-state index in [-0.39, 0.29) is 5.76 Å². The van der Waals surface area contributed by atoms with Crippen LogP contribution in [0.25, 0.3) is 12.2 Å². The summed E-state index contributed by atoms with van der Waals surface area (Å²) in [6.45, 7) is 3.96. The Morgan fingerprint density at radius 1 is 1.35 bits per heavy atom. The standard InChI is InChI=1S/C14H16N2O4/c1-3-4-5-12-11(9(2)19-16-12)7-6-10-8-13(14(17)18)20-15-10/h6-8H,3-5H2,1-2H3,(H,17,18). The molecule has 1 N–H and O–H groups in total. The van der Waals surface area contributed by atoms with Gasteiger partial charge in [0.05, 0.1) is 5.69 Å². The van der Waals surface area contributed by atoms with Gasteiger partial charge in [0.25, 0.3) is 0 Å². The van der Waals surface area contributed by atoms with Crippen molar-refractivity contribution in [1.29, 1.82) is 0 Å². The van der Waals surface area contributed by atoms with Gasteiger partial charge in [0, 0.05) is 11.6 Å². The van der Waals surface area contributed by atoms with E-state index in [1.807, 2.05) is 13.0 Å². The zero-order valence-electron chi connectivity index (χ0n) is 11.4. The SMILES string of the molecule is CCCCc1noc(C)c1C=Cc1cc(C(=O)O)on1. The number of carbonyl (C=O) groups is 1. The Kier molecular flexibility index (Phi) is 4.34. The lowest BCUT2D eigenvalue weighted by Crippen LogP contribution is -1.91. The summed E-state index contributed by atoms with van der Waals surface area (Å²) in [5.74, 6) is -0.589. The Morgan fingerprint density at radius 2 is 2.15 bits per heavy atom. The van der Waals surface area contributed by atoms with Crippen LogP contribution in [0.3, 0.4) is 0 Å². The molecule has 0 unspecified atom stereocenters. The van der Waals surface area contributed by atoms with Crippen molar-refractivity contribution in [2.24, 2.45) is 0 Å². The van der Waals surface area contributed by atoms with Gasteiger partial charge < -0.3 is 14.2 Å². The third kappa shape index (κ3) is 3.14. The maximum Gasteiger partial charge on any atom is 0.374 e. The summed E-state index contributed by atoms with van der Waals surface area (Å²) in [6.07, 6.45) is 6.48. The van der Waals surface area contributed by atoms with Gasteiger partial charge in [-0.25, -0.2) is 4.79 Å². The van der Waals surface area contributed by atoms with Crippen LogP contribution in [-0.2, 0) is 6.42 Å². The number of carboxylic acids is 1. The molecule has 0 saturated heterocycles. The maximum atomic E-state index is 10.7. The minimum atomic E-state index is -1.14. The van der Waals surface area contributed by atoms with Crippen molar-refractivity contribution in [2.45, 2.75) is 33.1 Å². The van der Waals surface area contributed by atoms with Crippen molar-refractivity contribution in [2.75, 3.05) is 0 Å². The van der Waals surface area contributed by atoms with Gasteiger partial charge in [-0.15, -0.1) is 0 Å². The predicted octanol–water partition coefficient (Wildman–Crippen LogP) is 3.18. The van der Waals surface area contributed by atoms with Crippen molar-refractivity contribution in [3.8, 4) is 0 Å². The van der Waals surface area contributed by atoms with Crippen LogP contribution in [0.5, 0.6) is 0 Å². The molecule has 106 valence electrons. The number of aromatic carboxylic acids is 1. The number of hydrogen-bond acceptors (Lipinski definition) is 5. The Morgan fingerprint density at radius 3 is 2.80 bits per heavy atom. The molecular weight excluding hydrogens is 260 g/mol. The first kappa shape index (κ1) is 14.0. The number of aromatic nitrogens is 2. The molecule has 0 aliphatic carbocycles. The van der Waals surface area contributed by atoms with Gasteiger partial charge in [0.2, 0.25) is 5.76 Å². The van der Waals surface area contributed by atoms with Gasteiger partial charge in [-0.1, -0.05) is 23.7 Å². The number of aryl methyl sites for hydroxylation is 2. The van der Waals surface area contributed by atoms with Gasteiger partial charge in [-0.05, 0) is 31.9 Å². The van der Waals surface area contributed by atoms with Crippen LogP contribution in [0.2, 0.25) is 0 Å². The molecule has 2 aromatic heterocycles. The van der Waals surface area contributed by atoms with Gasteiger partial charge in [0.1, 0.15) is 11.5 Å². The molecule has 0 amide bonds. The summed E-state index contributed by atoms with van der Waals surface area (Å²) in [5, 5.41) is 16.5. The molecule has 0 spiro atoms. The van der Waals surface area contributed by atoms with Crippen LogP contribution < -0.4 is 0 Å². The van der Waals surface area contributed by atoms with E-state index in [9.17, 15) is 4.79 Å². The molecule has 0 fully saturated rings. The molecule has 0 aliphatic rings. The lowest BCUT2D eigenvalue weighted by molar-refractivity contribution is 0.0652. The molecule has 6 nitrogen and oxygen atoms in total. The molecule has 0 saturated carbocycles. The molecule has 20 heavy (non-hydrogen) atoms. The first-order chi connectivity index (χ1) is 9.61. The molecular formula is C14H16N2O4. The van der Waals surface area contributed by atoms with Gasteiger partial charge in [0.15, 0.2) is 0 Å². The fraction of sp³-hybridized carbons (Fsp3) is 0.357. The predicted molar refractivity (Wildman–Crippen MR) is 72.2 cm³/mol. The van der Waals surface area contributed by atoms with Crippen molar-refractivity contribution in [3.05, 3.63) is 34.5 Å². The van der Waals surface area contributed by atoms with Crippen molar-refractivity contribution >= 4 is 18.1 Å². The molecule has 2 aromatic rings. The Labute approximate surface area is 116 Å². The highest BCUT2D eigenvalue weighted by Crippen LogP contribution is 2.19. The first-order valence-corrected chi connectivity index (χ1v) is 6.45. The summed E-state index contributed by atoms with van der Waals surface area (Å²) in [6, 6.07) is 1.37. The second-order valence-electron chi connectivity index (χ2n) is 4.46. The molecule has 0 aliphatic heterocycles. The van der Waals surface area contributed by atoms with E-state index in [1.54, 1.807) is 6.08 Å². The average molecular weight is 276 g/mol. The zero-order chi connectivity index (χ0) is 14.5. The van der Waals surface area contributed by atoms with Crippen molar-refractivity contribution < 1.29 is 18.9 Å². The number of nitrogens with zero attached hydrogens (tertiary/aromatic N) is 2. The summed E-state index contributed by atoms with van der Waals surface area (Å²) in [4.78, 5) is 10.7. The van der Waals surface area contributed by atoms with Gasteiger partial charge in [-0.3, -0.25) is 0 Å². The lowest BCUT2D eigenvalue weighted by atomic mass is 10.1. The largest absolute Gasteiger partial charge is 0.475 e. The molecule has 0 radical (unpaired) electrons. The number of unbranched alkanes of at least 4 members (excludes halogenated alkanes) is 1. The van der Waals surface area contributed by atoms with Crippen LogP contribution in [0, 0.1) is 6.92 Å². The van der Waals surface area contributed by atoms with Crippen LogP contribution >= 0.6 is 0 Å². The summed E-state index contributed by atoms with van der Waals surface area (Å²) >= 11 is 0. The van der Waals surface area contributed by atoms with E-state index < -0.39 is 5.97 Å². The fourth-order valence-corrected chi connectivity index (χ4v) is 1.80. The zero-order valence-corrected chi connectivity index (χ0v) is 11.4. The van der Waals surface area contributed by atoms with E-state index in [4.69, 9.17) is 9.63 Å². The summed E-state index contributed by atoms with van der Waals surface area (Å²) < 4.78 is 9.87. The van der Waals surface area contributed by atoms with Crippen LogP contribution in [0.4, 0.5) is 0 Å². The second kappa shape index (κ2) is 6.18. The topological polar surface area (TPSA) is 89.4 Å². The minimum Gasteiger partial charge on any atom is -0.475 e. The smallest absolute Gasteiger partial charge is 0.374 e. The van der Waals surface area contributed by atoms with Crippen LogP contribution in [-0.4, -0.2) is 21.4 Å². The highest BCUT2D eigenvalue weighted by molar-refractivity contribution is 5.85. The van der Waals surface area contributed by atoms with E-state index in [2.05, 4.69) is 21.8 Å². The van der Waals surface area contributed by atoms with E-state index in [0.717, 1.165) is 36.3 Å². The Bertz CT molecular complexity index is 625. The van der Waals surface area contributed by atoms with Gasteiger partial charge in [-0.2, -0.15) is 0 Å². The number of carboxylic acid groups (broad SMARTS) is 1. The maximum absolute atomic E-state index is 10.7. The summed E-state index contributed by atoms with van der Waals surface area (Å²) in [5.41, 5.74) is 2.27. The number of rotatable bonds is 6. The molecule has 2 heterocycles. The third-order valence-electron chi connectivity index (χ3n) is 2.91. The normalized spacial score (nSPS) is 11.3. The molecule has 2 rings (SSSR count). The molecule has 6 heteroatoms. The highest BCUT2D eigenvalue weighted by atomic mass is 16.5. The third-order valence-corrected chi connectivity index (χ3v) is 2.91.